The lowest BCUT2D eigenvalue weighted by molar-refractivity contribution is 0.170. The van der Waals surface area contributed by atoms with Crippen molar-refractivity contribution >= 4 is 17.9 Å². The predicted octanol–water partition coefficient (Wildman–Crippen LogP) is 6.02. The van der Waals surface area contributed by atoms with Crippen molar-refractivity contribution in [3.05, 3.63) is 58.7 Å². The summed E-state index contributed by atoms with van der Waals surface area (Å²) in [6, 6.07) is 8.48. The molecular weight excluding hydrogens is 444 g/mol. The summed E-state index contributed by atoms with van der Waals surface area (Å²) in [5.74, 6) is 1.05. The van der Waals surface area contributed by atoms with Gasteiger partial charge in [-0.05, 0) is 74.8 Å². The Morgan fingerprint density at radius 1 is 1.12 bits per heavy atom. The van der Waals surface area contributed by atoms with Crippen LogP contribution in [-0.2, 0) is 24.2 Å². The molecule has 188 valence electrons. The second kappa shape index (κ2) is 13.1. The van der Waals surface area contributed by atoms with Gasteiger partial charge in [0.25, 0.3) is 0 Å². The minimum absolute atomic E-state index is 0.160. The Kier molecular flexibility index (Phi) is 10.8. The molecule has 0 saturated carbocycles. The Balaban J connectivity index is 2.14. The Morgan fingerprint density at radius 2 is 1.82 bits per heavy atom. The third-order valence-corrected chi connectivity index (χ3v) is 7.16. The first-order chi connectivity index (χ1) is 16.1. The molecule has 2 unspecified atom stereocenters. The maximum atomic E-state index is 11.5. The van der Waals surface area contributed by atoms with Gasteiger partial charge in [0.2, 0.25) is 0 Å². The number of rotatable bonds is 12. The van der Waals surface area contributed by atoms with Crippen LogP contribution in [0.15, 0.2) is 30.5 Å². The summed E-state index contributed by atoms with van der Waals surface area (Å²) in [5, 5.41) is 6.77. The van der Waals surface area contributed by atoms with Gasteiger partial charge in [-0.2, -0.15) is 11.8 Å². The second-order valence-electron chi connectivity index (χ2n) is 9.88. The smallest absolute Gasteiger partial charge is 0.407 e. The number of hydrogen-bond acceptors (Lipinski definition) is 6. The van der Waals surface area contributed by atoms with E-state index in [4.69, 9.17) is 9.72 Å². The van der Waals surface area contributed by atoms with Crippen molar-refractivity contribution in [1.82, 2.24) is 20.6 Å². The van der Waals surface area contributed by atoms with Crippen LogP contribution in [0.3, 0.4) is 0 Å². The highest BCUT2D eigenvalue weighted by molar-refractivity contribution is 7.98. The number of ether oxygens (including phenoxy) is 1. The molecule has 0 aliphatic rings. The average Bonchev–Trinajstić information content (AvgIpc) is 2.80. The molecule has 0 aliphatic heterocycles. The third-order valence-electron chi connectivity index (χ3n) is 6.21. The van der Waals surface area contributed by atoms with Crippen LogP contribution in [-0.4, -0.2) is 35.0 Å². The van der Waals surface area contributed by atoms with Gasteiger partial charge in [-0.25, -0.2) is 4.79 Å². The Morgan fingerprint density at radius 3 is 2.44 bits per heavy atom. The zero-order valence-corrected chi connectivity index (χ0v) is 22.9. The summed E-state index contributed by atoms with van der Waals surface area (Å²) in [6.45, 7) is 14.5. The van der Waals surface area contributed by atoms with Crippen molar-refractivity contribution in [2.24, 2.45) is 5.92 Å². The molecule has 2 rings (SSSR count). The number of nitrogens with one attached hydrogen (secondary N) is 2. The minimum atomic E-state index is -0.431. The largest absolute Gasteiger partial charge is 0.453 e. The monoisotopic (exact) mass is 486 g/mol. The van der Waals surface area contributed by atoms with Crippen LogP contribution in [0.4, 0.5) is 4.79 Å². The zero-order valence-electron chi connectivity index (χ0n) is 22.1. The average molecular weight is 487 g/mol. The number of carbonyl (C=O) groups is 1. The van der Waals surface area contributed by atoms with Crippen molar-refractivity contribution in [1.29, 1.82) is 0 Å². The number of nitrogens with zero attached hydrogens (tertiary/aromatic N) is 2. The fraction of sp³-hybridized carbons (Fsp3) is 0.593. The first kappa shape index (κ1) is 28.1. The van der Waals surface area contributed by atoms with Gasteiger partial charge < -0.3 is 15.4 Å². The normalized spacial score (nSPS) is 13.6. The molecule has 1 amide bonds. The van der Waals surface area contributed by atoms with Gasteiger partial charge in [-0.1, -0.05) is 20.8 Å². The van der Waals surface area contributed by atoms with Gasteiger partial charge in [-0.3, -0.25) is 9.97 Å². The molecule has 0 fully saturated rings. The highest BCUT2D eigenvalue weighted by atomic mass is 32.2. The fourth-order valence-corrected chi connectivity index (χ4v) is 4.49. The molecule has 6 nitrogen and oxygen atoms in total. The summed E-state index contributed by atoms with van der Waals surface area (Å²) in [7, 11) is 1.37. The lowest BCUT2D eigenvalue weighted by Crippen LogP contribution is -2.41. The Hall–Kier alpha value is -2.12. The van der Waals surface area contributed by atoms with Crippen molar-refractivity contribution in [3.8, 4) is 0 Å². The van der Waals surface area contributed by atoms with E-state index in [2.05, 4.69) is 87.7 Å². The van der Waals surface area contributed by atoms with E-state index < -0.39 is 6.09 Å². The van der Waals surface area contributed by atoms with E-state index in [1.165, 1.54) is 18.4 Å². The molecule has 2 N–H and O–H groups in total. The van der Waals surface area contributed by atoms with Crippen LogP contribution in [0.5, 0.6) is 0 Å². The summed E-state index contributed by atoms with van der Waals surface area (Å²) >= 11 is 1.76. The number of carbonyl (C=O) groups excluding carboxylic acids is 1. The maximum Gasteiger partial charge on any atom is 0.407 e. The highest BCUT2D eigenvalue weighted by Crippen LogP contribution is 2.27. The predicted molar refractivity (Wildman–Crippen MR) is 142 cm³/mol. The van der Waals surface area contributed by atoms with Crippen LogP contribution in [0, 0.1) is 5.92 Å². The van der Waals surface area contributed by atoms with Gasteiger partial charge >= 0.3 is 6.09 Å². The van der Waals surface area contributed by atoms with E-state index >= 15 is 0 Å². The van der Waals surface area contributed by atoms with E-state index in [0.29, 0.717) is 18.4 Å². The summed E-state index contributed by atoms with van der Waals surface area (Å²) in [6.07, 6.45) is 5.45. The van der Waals surface area contributed by atoms with Gasteiger partial charge in [0.15, 0.2) is 0 Å². The molecule has 0 bridgehead atoms. The van der Waals surface area contributed by atoms with Crippen LogP contribution < -0.4 is 10.6 Å². The lowest BCUT2D eigenvalue weighted by Gasteiger charge is -2.27. The number of thioether (sulfide) groups is 1. The molecule has 0 aliphatic carbocycles. The Bertz CT molecular complexity index is 933. The molecule has 0 aromatic carbocycles. The molecule has 2 atom stereocenters. The van der Waals surface area contributed by atoms with E-state index in [9.17, 15) is 4.79 Å². The standard InChI is InChI=1S/C27H42N4O2S/c1-9-23(18(2)3)25-13-20(10-11-28-25)17-30-27(5,6)15-22-12-21(16-29-26(32)33-7)14-24(31-22)19(4)34-8/h10-14,18-19,23,30H,9,15-17H2,1-8H3,(H,29,32). The molecule has 2 aromatic heterocycles. The van der Waals surface area contributed by atoms with Crippen LogP contribution in [0.1, 0.15) is 87.3 Å². The molecule has 0 saturated heterocycles. The number of amides is 1. The molecule has 2 aromatic rings. The molecule has 7 heteroatoms. The van der Waals surface area contributed by atoms with E-state index in [-0.39, 0.29) is 10.8 Å². The first-order valence-corrected chi connectivity index (χ1v) is 13.4. The number of alkyl carbamates (subject to hydrolysis) is 1. The molecule has 0 spiro atoms. The number of methoxy groups -OCH3 is 1. The molecule has 2 heterocycles. The van der Waals surface area contributed by atoms with Crippen LogP contribution >= 0.6 is 11.8 Å². The topological polar surface area (TPSA) is 76.1 Å². The molecule has 0 radical (unpaired) electrons. The quantitative estimate of drug-likeness (QED) is 0.382. The van der Waals surface area contributed by atoms with Crippen molar-refractivity contribution in [2.45, 2.75) is 84.2 Å². The van der Waals surface area contributed by atoms with E-state index in [1.807, 2.05) is 6.20 Å². The van der Waals surface area contributed by atoms with E-state index in [1.54, 1.807) is 11.8 Å². The molecule has 34 heavy (non-hydrogen) atoms. The Labute approximate surface area is 210 Å². The van der Waals surface area contributed by atoms with Gasteiger partial charge in [0.05, 0.1) is 12.8 Å². The van der Waals surface area contributed by atoms with Crippen LogP contribution in [0.25, 0.3) is 0 Å². The van der Waals surface area contributed by atoms with Gasteiger partial charge in [0.1, 0.15) is 0 Å². The van der Waals surface area contributed by atoms with Crippen molar-refractivity contribution < 1.29 is 9.53 Å². The van der Waals surface area contributed by atoms with Crippen molar-refractivity contribution in [3.63, 3.8) is 0 Å². The molecular formula is C27H42N4O2S. The minimum Gasteiger partial charge on any atom is -0.453 e. The summed E-state index contributed by atoms with van der Waals surface area (Å²) in [5.41, 5.74) is 5.34. The van der Waals surface area contributed by atoms with Gasteiger partial charge in [0, 0.05) is 53.8 Å². The maximum absolute atomic E-state index is 11.5. The summed E-state index contributed by atoms with van der Waals surface area (Å²) in [4.78, 5) is 21.1. The number of hydrogen-bond donors (Lipinski definition) is 2. The SMILES string of the molecule is CCC(c1cc(CNC(C)(C)Cc2cc(CNC(=O)OC)cc(C(C)SC)n2)ccn1)C(C)C. The zero-order chi connectivity index (χ0) is 25.3. The van der Waals surface area contributed by atoms with Gasteiger partial charge in [-0.15, -0.1) is 0 Å². The number of pyridine rings is 2. The fourth-order valence-electron chi connectivity index (χ4n) is 4.13. The summed E-state index contributed by atoms with van der Waals surface area (Å²) < 4.78 is 4.71. The third kappa shape index (κ3) is 8.58. The first-order valence-electron chi connectivity index (χ1n) is 12.1. The number of aromatic nitrogens is 2. The second-order valence-corrected chi connectivity index (χ2v) is 11.1. The van der Waals surface area contributed by atoms with Crippen LogP contribution in [0.2, 0.25) is 0 Å². The van der Waals surface area contributed by atoms with E-state index in [0.717, 1.165) is 36.3 Å². The van der Waals surface area contributed by atoms with Crippen molar-refractivity contribution in [2.75, 3.05) is 13.4 Å². The highest BCUT2D eigenvalue weighted by Gasteiger charge is 2.21. The lowest BCUT2D eigenvalue weighted by atomic mass is 9.89.